The summed E-state index contributed by atoms with van der Waals surface area (Å²) in [6.45, 7) is 7.58. The van der Waals surface area contributed by atoms with Crippen LogP contribution in [0.15, 0.2) is 28.7 Å². The first-order valence-electron chi connectivity index (χ1n) is 7.27. The summed E-state index contributed by atoms with van der Waals surface area (Å²) in [5.41, 5.74) is 0. The molecule has 0 fully saturated rings. The molecule has 3 heteroatoms. The molecular formula is C16H26BrNO. The van der Waals surface area contributed by atoms with Gasteiger partial charge in [-0.2, -0.15) is 0 Å². The van der Waals surface area contributed by atoms with E-state index in [1.807, 2.05) is 24.3 Å². The molecule has 0 saturated carbocycles. The Balaban J connectivity index is 1.90. The number of benzene rings is 1. The maximum absolute atomic E-state index is 5.68. The first-order chi connectivity index (χ1) is 9.18. The van der Waals surface area contributed by atoms with Crippen LogP contribution in [-0.2, 0) is 0 Å². The zero-order valence-corrected chi connectivity index (χ0v) is 13.7. The van der Waals surface area contributed by atoms with E-state index in [0.29, 0.717) is 0 Å². The van der Waals surface area contributed by atoms with Crippen molar-refractivity contribution in [1.29, 1.82) is 0 Å². The summed E-state index contributed by atoms with van der Waals surface area (Å²) in [6.07, 6.45) is 4.94. The number of unbranched alkanes of at least 4 members (excludes halogenated alkanes) is 3. The lowest BCUT2D eigenvalue weighted by Crippen LogP contribution is -2.20. The van der Waals surface area contributed by atoms with Crippen molar-refractivity contribution < 1.29 is 4.74 Å². The minimum absolute atomic E-state index is 0.749. The Bertz CT molecular complexity index is 324. The van der Waals surface area contributed by atoms with Gasteiger partial charge in [0.2, 0.25) is 0 Å². The summed E-state index contributed by atoms with van der Waals surface area (Å²) in [7, 11) is 0. The molecule has 2 nitrogen and oxygen atoms in total. The van der Waals surface area contributed by atoms with Crippen LogP contribution < -0.4 is 10.1 Å². The van der Waals surface area contributed by atoms with Crippen LogP contribution in [0.5, 0.6) is 5.75 Å². The third-order valence-electron chi connectivity index (χ3n) is 2.88. The fraction of sp³-hybridized carbons (Fsp3) is 0.625. The van der Waals surface area contributed by atoms with Gasteiger partial charge in [0.05, 0.1) is 6.61 Å². The molecule has 0 saturated heterocycles. The minimum Gasteiger partial charge on any atom is -0.494 e. The molecule has 0 aliphatic carbocycles. The van der Waals surface area contributed by atoms with E-state index in [-0.39, 0.29) is 0 Å². The molecule has 0 unspecified atom stereocenters. The van der Waals surface area contributed by atoms with Crippen molar-refractivity contribution in [3.8, 4) is 5.75 Å². The third-order valence-corrected chi connectivity index (χ3v) is 3.41. The first-order valence-corrected chi connectivity index (χ1v) is 8.07. The SMILES string of the molecule is CC(C)CNCCCCCCOc1ccc(Br)cc1. The average Bonchev–Trinajstić information content (AvgIpc) is 2.38. The van der Waals surface area contributed by atoms with Gasteiger partial charge in [0.25, 0.3) is 0 Å². The van der Waals surface area contributed by atoms with Crippen molar-refractivity contribution in [1.82, 2.24) is 5.32 Å². The Morgan fingerprint density at radius 1 is 1.05 bits per heavy atom. The predicted molar refractivity (Wildman–Crippen MR) is 85.8 cm³/mol. The lowest BCUT2D eigenvalue weighted by Gasteiger charge is -2.08. The van der Waals surface area contributed by atoms with Gasteiger partial charge in [-0.3, -0.25) is 0 Å². The summed E-state index contributed by atoms with van der Waals surface area (Å²) in [4.78, 5) is 0. The van der Waals surface area contributed by atoms with E-state index in [1.54, 1.807) is 0 Å². The Hall–Kier alpha value is -0.540. The van der Waals surface area contributed by atoms with E-state index in [4.69, 9.17) is 4.74 Å². The van der Waals surface area contributed by atoms with Crippen LogP contribution in [0.1, 0.15) is 39.5 Å². The van der Waals surface area contributed by atoms with E-state index in [2.05, 4.69) is 35.1 Å². The molecule has 0 bridgehead atoms. The van der Waals surface area contributed by atoms with E-state index in [0.717, 1.165) is 42.3 Å². The molecule has 0 atom stereocenters. The maximum Gasteiger partial charge on any atom is 0.119 e. The monoisotopic (exact) mass is 327 g/mol. The van der Waals surface area contributed by atoms with Gasteiger partial charge in [-0.15, -0.1) is 0 Å². The lowest BCUT2D eigenvalue weighted by molar-refractivity contribution is 0.304. The van der Waals surface area contributed by atoms with Crippen LogP contribution >= 0.6 is 15.9 Å². The fourth-order valence-corrected chi connectivity index (χ4v) is 2.08. The average molecular weight is 328 g/mol. The zero-order chi connectivity index (χ0) is 13.9. The molecule has 1 N–H and O–H groups in total. The van der Waals surface area contributed by atoms with Crippen molar-refractivity contribution in [3.63, 3.8) is 0 Å². The number of rotatable bonds is 10. The normalized spacial score (nSPS) is 10.9. The molecule has 1 aromatic carbocycles. The molecular weight excluding hydrogens is 302 g/mol. The van der Waals surface area contributed by atoms with Crippen molar-refractivity contribution >= 4 is 15.9 Å². The standard InChI is InChI=1S/C16H26BrNO/c1-14(2)13-18-11-5-3-4-6-12-19-16-9-7-15(17)8-10-16/h7-10,14,18H,3-6,11-13H2,1-2H3. The Morgan fingerprint density at radius 3 is 2.42 bits per heavy atom. The van der Waals surface area contributed by atoms with Crippen LogP contribution in [-0.4, -0.2) is 19.7 Å². The van der Waals surface area contributed by atoms with Gasteiger partial charge >= 0.3 is 0 Å². The molecule has 1 aromatic rings. The highest BCUT2D eigenvalue weighted by molar-refractivity contribution is 9.10. The molecule has 108 valence electrons. The fourth-order valence-electron chi connectivity index (χ4n) is 1.82. The highest BCUT2D eigenvalue weighted by Gasteiger charge is 1.95. The minimum atomic E-state index is 0.749. The topological polar surface area (TPSA) is 21.3 Å². The number of hydrogen-bond acceptors (Lipinski definition) is 2. The number of halogens is 1. The molecule has 0 aliphatic heterocycles. The second kappa shape index (κ2) is 10.3. The van der Waals surface area contributed by atoms with Gasteiger partial charge in [-0.1, -0.05) is 42.6 Å². The Labute approximate surface area is 126 Å². The van der Waals surface area contributed by atoms with Crippen LogP contribution in [0.3, 0.4) is 0 Å². The molecule has 0 aromatic heterocycles. The van der Waals surface area contributed by atoms with Crippen molar-refractivity contribution in [2.24, 2.45) is 5.92 Å². The van der Waals surface area contributed by atoms with Gasteiger partial charge in [-0.25, -0.2) is 0 Å². The second-order valence-corrected chi connectivity index (χ2v) is 6.23. The quantitative estimate of drug-likeness (QED) is 0.632. The van der Waals surface area contributed by atoms with Gasteiger partial charge < -0.3 is 10.1 Å². The largest absolute Gasteiger partial charge is 0.494 e. The van der Waals surface area contributed by atoms with Crippen LogP contribution in [0, 0.1) is 5.92 Å². The van der Waals surface area contributed by atoms with Gasteiger partial charge in [0, 0.05) is 4.47 Å². The molecule has 1 rings (SSSR count). The summed E-state index contributed by atoms with van der Waals surface area (Å²) < 4.78 is 6.78. The summed E-state index contributed by atoms with van der Waals surface area (Å²) in [6, 6.07) is 8.02. The second-order valence-electron chi connectivity index (χ2n) is 5.31. The summed E-state index contributed by atoms with van der Waals surface area (Å²) in [5, 5.41) is 3.47. The highest BCUT2D eigenvalue weighted by Crippen LogP contribution is 2.16. The Kier molecular flexibility index (Phi) is 8.93. The summed E-state index contributed by atoms with van der Waals surface area (Å²) in [5.74, 6) is 1.71. The van der Waals surface area contributed by atoms with Crippen molar-refractivity contribution in [3.05, 3.63) is 28.7 Å². The van der Waals surface area contributed by atoms with Crippen LogP contribution in [0.4, 0.5) is 0 Å². The molecule has 0 aliphatic rings. The van der Waals surface area contributed by atoms with Crippen LogP contribution in [0.2, 0.25) is 0 Å². The first kappa shape index (κ1) is 16.5. The van der Waals surface area contributed by atoms with Gasteiger partial charge in [-0.05, 0) is 56.1 Å². The molecule has 0 amide bonds. The third kappa shape index (κ3) is 9.06. The zero-order valence-electron chi connectivity index (χ0n) is 12.1. The van der Waals surface area contributed by atoms with Crippen LogP contribution in [0.25, 0.3) is 0 Å². The molecule has 0 spiro atoms. The number of nitrogens with one attached hydrogen (secondary N) is 1. The molecule has 0 radical (unpaired) electrons. The van der Waals surface area contributed by atoms with Gasteiger partial charge in [0.1, 0.15) is 5.75 Å². The van der Waals surface area contributed by atoms with E-state index >= 15 is 0 Å². The van der Waals surface area contributed by atoms with Crippen molar-refractivity contribution in [2.75, 3.05) is 19.7 Å². The summed E-state index contributed by atoms with van der Waals surface area (Å²) >= 11 is 3.42. The smallest absolute Gasteiger partial charge is 0.119 e. The Morgan fingerprint density at radius 2 is 1.74 bits per heavy atom. The highest BCUT2D eigenvalue weighted by atomic mass is 79.9. The van der Waals surface area contributed by atoms with E-state index in [1.165, 1.54) is 19.3 Å². The number of hydrogen-bond donors (Lipinski definition) is 1. The van der Waals surface area contributed by atoms with E-state index < -0.39 is 0 Å². The van der Waals surface area contributed by atoms with Crippen molar-refractivity contribution in [2.45, 2.75) is 39.5 Å². The lowest BCUT2D eigenvalue weighted by atomic mass is 10.2. The molecule has 0 heterocycles. The predicted octanol–water partition coefficient (Wildman–Crippen LogP) is 4.63. The number of ether oxygens (including phenoxy) is 1. The maximum atomic E-state index is 5.68. The van der Waals surface area contributed by atoms with Gasteiger partial charge in [0.15, 0.2) is 0 Å². The van der Waals surface area contributed by atoms with E-state index in [9.17, 15) is 0 Å². The molecule has 19 heavy (non-hydrogen) atoms.